The van der Waals surface area contributed by atoms with Gasteiger partial charge in [-0.2, -0.15) is 0 Å². The van der Waals surface area contributed by atoms with Crippen molar-refractivity contribution in [2.45, 2.75) is 12.7 Å². The summed E-state index contributed by atoms with van der Waals surface area (Å²) in [6.45, 7) is 0.417. The second-order valence-corrected chi connectivity index (χ2v) is 3.12. The Morgan fingerprint density at radius 2 is 2.20 bits per heavy atom. The zero-order valence-electron chi connectivity index (χ0n) is 7.80. The fourth-order valence-electron chi connectivity index (χ4n) is 1.27. The molecule has 1 N–H and O–H groups in total. The molecule has 5 nitrogen and oxygen atoms in total. The highest BCUT2D eigenvalue weighted by Crippen LogP contribution is 2.11. The van der Waals surface area contributed by atoms with Crippen molar-refractivity contribution in [3.05, 3.63) is 35.6 Å². The Morgan fingerprint density at radius 1 is 1.47 bits per heavy atom. The van der Waals surface area contributed by atoms with E-state index in [1.165, 1.54) is 17.1 Å². The van der Waals surface area contributed by atoms with Crippen molar-refractivity contribution >= 4 is 6.29 Å². The van der Waals surface area contributed by atoms with E-state index in [0.29, 0.717) is 12.8 Å². The lowest BCUT2D eigenvalue weighted by molar-refractivity contribution is -0.112. The highest BCUT2D eigenvalue weighted by molar-refractivity contribution is 5.56. The molecule has 78 valence electrons. The Labute approximate surface area is 85.5 Å². The molecule has 1 atom stereocenters. The van der Waals surface area contributed by atoms with E-state index in [-0.39, 0.29) is 5.82 Å². The van der Waals surface area contributed by atoms with Gasteiger partial charge >= 0.3 is 0 Å². The number of nitrogens with zero attached hydrogens (tertiary/aromatic N) is 3. The molecule has 0 aliphatic carbocycles. The first-order chi connectivity index (χ1) is 7.29. The number of hydrogen-bond acceptors (Lipinski definition) is 5. The summed E-state index contributed by atoms with van der Waals surface area (Å²) in [6, 6.07) is 6.02. The van der Waals surface area contributed by atoms with Crippen molar-refractivity contribution in [2.24, 2.45) is 10.4 Å². The van der Waals surface area contributed by atoms with Gasteiger partial charge in [-0.3, -0.25) is 10.2 Å². The molecular formula is C9H9FN4O. The minimum absolute atomic E-state index is 0.285. The monoisotopic (exact) mass is 208 g/mol. The van der Waals surface area contributed by atoms with Gasteiger partial charge in [-0.15, -0.1) is 0 Å². The first-order valence-corrected chi connectivity index (χ1v) is 4.42. The summed E-state index contributed by atoms with van der Waals surface area (Å²) < 4.78 is 12.6. The average Bonchev–Trinajstić information content (AvgIpc) is 2.69. The predicted molar refractivity (Wildman–Crippen MR) is 49.8 cm³/mol. The Bertz CT molecular complexity index is 378. The zero-order chi connectivity index (χ0) is 10.7. The van der Waals surface area contributed by atoms with Gasteiger partial charge in [0, 0.05) is 0 Å². The molecule has 0 saturated heterocycles. The molecule has 0 radical (unpaired) electrons. The van der Waals surface area contributed by atoms with Crippen LogP contribution in [0.25, 0.3) is 0 Å². The Balaban J connectivity index is 2.05. The molecule has 2 rings (SSSR count). The SMILES string of the molecule is O=CC1NN=NN1Cc1ccc(F)cc1. The summed E-state index contributed by atoms with van der Waals surface area (Å²) in [4.78, 5) is 10.6. The second-order valence-electron chi connectivity index (χ2n) is 3.12. The van der Waals surface area contributed by atoms with Crippen LogP contribution in [0.4, 0.5) is 4.39 Å². The summed E-state index contributed by atoms with van der Waals surface area (Å²) in [7, 11) is 0. The van der Waals surface area contributed by atoms with Gasteiger partial charge in [-0.25, -0.2) is 9.40 Å². The molecule has 0 fully saturated rings. The van der Waals surface area contributed by atoms with Gasteiger partial charge in [-0.05, 0) is 17.7 Å². The first-order valence-electron chi connectivity index (χ1n) is 4.42. The smallest absolute Gasteiger partial charge is 0.190 e. The molecule has 1 aliphatic rings. The Hall–Kier alpha value is -1.98. The van der Waals surface area contributed by atoms with Crippen LogP contribution in [0, 0.1) is 5.82 Å². The van der Waals surface area contributed by atoms with Crippen molar-refractivity contribution < 1.29 is 9.18 Å². The van der Waals surface area contributed by atoms with Gasteiger partial charge in [0.25, 0.3) is 0 Å². The lowest BCUT2D eigenvalue weighted by atomic mass is 10.2. The summed E-state index contributed by atoms with van der Waals surface area (Å²) in [5, 5.41) is 8.74. The fourth-order valence-corrected chi connectivity index (χ4v) is 1.27. The fraction of sp³-hybridized carbons (Fsp3) is 0.222. The first kappa shape index (κ1) is 9.57. The topological polar surface area (TPSA) is 57.1 Å². The van der Waals surface area contributed by atoms with Crippen LogP contribution in [-0.2, 0) is 11.3 Å². The van der Waals surface area contributed by atoms with Crippen LogP contribution in [0.1, 0.15) is 5.56 Å². The molecule has 0 amide bonds. The third kappa shape index (κ3) is 2.09. The summed E-state index contributed by atoms with van der Waals surface area (Å²) >= 11 is 0. The van der Waals surface area contributed by atoms with E-state index in [0.717, 1.165) is 5.56 Å². The third-order valence-corrected chi connectivity index (χ3v) is 2.06. The van der Waals surface area contributed by atoms with Gasteiger partial charge < -0.3 is 0 Å². The maximum atomic E-state index is 12.6. The maximum absolute atomic E-state index is 12.6. The van der Waals surface area contributed by atoms with E-state index >= 15 is 0 Å². The predicted octanol–water partition coefficient (Wildman–Crippen LogP) is 1.04. The molecule has 15 heavy (non-hydrogen) atoms. The molecular weight excluding hydrogens is 199 g/mol. The Kier molecular flexibility index (Phi) is 2.57. The number of aldehydes is 1. The molecule has 0 spiro atoms. The molecule has 0 aromatic heterocycles. The quantitative estimate of drug-likeness (QED) is 0.755. The van der Waals surface area contributed by atoms with Crippen LogP contribution in [0.2, 0.25) is 0 Å². The molecule has 1 aliphatic heterocycles. The van der Waals surface area contributed by atoms with E-state index in [1.54, 1.807) is 12.1 Å². The van der Waals surface area contributed by atoms with E-state index in [1.807, 2.05) is 0 Å². The number of carbonyl (C=O) groups is 1. The normalized spacial score (nSPS) is 19.0. The lowest BCUT2D eigenvalue weighted by Crippen LogP contribution is -2.35. The standard InChI is InChI=1S/C9H9FN4O/c10-8-3-1-7(2-4-8)5-14-9(6-15)11-12-13-14/h1-4,6,9H,5H2,(H,11,13). The average molecular weight is 208 g/mol. The van der Waals surface area contributed by atoms with Crippen molar-refractivity contribution in [1.82, 2.24) is 10.4 Å². The van der Waals surface area contributed by atoms with Gasteiger partial charge in [0.1, 0.15) is 5.82 Å². The van der Waals surface area contributed by atoms with Crippen LogP contribution in [-0.4, -0.2) is 17.5 Å². The lowest BCUT2D eigenvalue weighted by Gasteiger charge is -2.16. The number of benzene rings is 1. The van der Waals surface area contributed by atoms with Gasteiger partial charge in [-0.1, -0.05) is 22.6 Å². The van der Waals surface area contributed by atoms with E-state index in [9.17, 15) is 9.18 Å². The molecule has 1 aromatic carbocycles. The van der Waals surface area contributed by atoms with Crippen LogP contribution < -0.4 is 5.43 Å². The van der Waals surface area contributed by atoms with Gasteiger partial charge in [0.05, 0.1) is 6.54 Å². The minimum Gasteiger partial charge on any atom is -0.299 e. The molecule has 6 heteroatoms. The highest BCUT2D eigenvalue weighted by atomic mass is 19.1. The van der Waals surface area contributed by atoms with Crippen LogP contribution in [0.3, 0.4) is 0 Å². The summed E-state index contributed by atoms with van der Waals surface area (Å²) in [5.41, 5.74) is 3.40. The molecule has 1 heterocycles. The highest BCUT2D eigenvalue weighted by Gasteiger charge is 2.20. The molecule has 0 saturated carbocycles. The van der Waals surface area contributed by atoms with E-state index in [2.05, 4.69) is 15.9 Å². The largest absolute Gasteiger partial charge is 0.299 e. The molecule has 1 aromatic rings. The Morgan fingerprint density at radius 3 is 2.87 bits per heavy atom. The van der Waals surface area contributed by atoms with Gasteiger partial charge in [0.15, 0.2) is 12.5 Å². The van der Waals surface area contributed by atoms with Crippen molar-refractivity contribution in [3.63, 3.8) is 0 Å². The van der Waals surface area contributed by atoms with Crippen molar-refractivity contribution in [1.29, 1.82) is 0 Å². The number of hydrogen-bond donors (Lipinski definition) is 1. The van der Waals surface area contributed by atoms with Crippen LogP contribution in [0.5, 0.6) is 0 Å². The number of halogens is 1. The van der Waals surface area contributed by atoms with Crippen LogP contribution in [0.15, 0.2) is 34.7 Å². The van der Waals surface area contributed by atoms with Gasteiger partial charge in [0.2, 0.25) is 0 Å². The second kappa shape index (κ2) is 4.04. The molecule has 1 unspecified atom stereocenters. The number of carbonyl (C=O) groups excluding carboxylic acids is 1. The van der Waals surface area contributed by atoms with E-state index in [4.69, 9.17) is 0 Å². The minimum atomic E-state index is -0.532. The number of rotatable bonds is 3. The summed E-state index contributed by atoms with van der Waals surface area (Å²) in [6.07, 6.45) is 0.179. The van der Waals surface area contributed by atoms with Crippen molar-refractivity contribution in [3.8, 4) is 0 Å². The van der Waals surface area contributed by atoms with Crippen molar-refractivity contribution in [2.75, 3.05) is 0 Å². The maximum Gasteiger partial charge on any atom is 0.190 e. The van der Waals surface area contributed by atoms with E-state index < -0.39 is 6.17 Å². The zero-order valence-corrected chi connectivity index (χ0v) is 7.80. The third-order valence-electron chi connectivity index (χ3n) is 2.06. The number of nitrogens with one attached hydrogen (secondary N) is 1. The summed E-state index contributed by atoms with van der Waals surface area (Å²) in [5.74, 6) is -0.285. The molecule has 0 bridgehead atoms. The van der Waals surface area contributed by atoms with Crippen LogP contribution >= 0.6 is 0 Å².